The minimum Gasteiger partial charge on any atom is -0.383 e. The third kappa shape index (κ3) is 9.87. The summed E-state index contributed by atoms with van der Waals surface area (Å²) < 4.78 is 33.2. The molecule has 43 heavy (non-hydrogen) atoms. The third-order valence-corrected chi connectivity index (χ3v) is 10.1. The van der Waals surface area contributed by atoms with Crippen LogP contribution in [-0.4, -0.2) is 75.0 Å². The molecule has 3 heterocycles. The van der Waals surface area contributed by atoms with E-state index in [-0.39, 0.29) is 37.9 Å². The lowest BCUT2D eigenvalue weighted by Gasteiger charge is -2.29. The Morgan fingerprint density at radius 1 is 1.23 bits per heavy atom. The standard InChI is InChI=1S/C28H38Cl2N6O5S2/c1-43(39,40)35-23(6-2-17-8-10-33-11-9-17)28(38)36-15-20(41-16-18-3-4-19(29)12-22(18)30)13-24(36)27(37)34-14-21-5-7-25(42-21)26(31)32/h3-5,7,12,17,20,23-24,33,35H,2,6,8-11,13-16H2,1H3,(H3,31,32)(H,34,37)/t20-,23-,24-/m1/s1. The summed E-state index contributed by atoms with van der Waals surface area (Å²) in [5, 5.41) is 14.8. The topological polar surface area (TPSA) is 167 Å². The Balaban J connectivity index is 1.49. The number of piperidine rings is 1. The predicted octanol–water partition coefficient (Wildman–Crippen LogP) is 2.84. The number of amidine groups is 1. The fourth-order valence-corrected chi connectivity index (χ4v) is 7.44. The minimum atomic E-state index is -3.70. The van der Waals surface area contributed by atoms with Crippen LogP contribution in [0.4, 0.5) is 0 Å². The van der Waals surface area contributed by atoms with Crippen LogP contribution in [0.25, 0.3) is 0 Å². The molecule has 0 radical (unpaired) electrons. The number of nitrogen functional groups attached to an aromatic ring is 1. The van der Waals surface area contributed by atoms with Crippen molar-refractivity contribution in [2.24, 2.45) is 11.7 Å². The van der Waals surface area contributed by atoms with Gasteiger partial charge in [-0.25, -0.2) is 13.1 Å². The summed E-state index contributed by atoms with van der Waals surface area (Å²) in [6, 6.07) is 6.72. The Bertz CT molecular complexity index is 1420. The van der Waals surface area contributed by atoms with Crippen LogP contribution in [0, 0.1) is 11.3 Å². The van der Waals surface area contributed by atoms with Gasteiger partial charge < -0.3 is 26.0 Å². The third-order valence-electron chi connectivity index (χ3n) is 7.68. The van der Waals surface area contributed by atoms with E-state index < -0.39 is 34.1 Å². The van der Waals surface area contributed by atoms with Gasteiger partial charge in [0.2, 0.25) is 21.8 Å². The first kappa shape index (κ1) is 33.6. The number of thiophene rings is 1. The Morgan fingerprint density at radius 3 is 2.63 bits per heavy atom. The number of hydrogen-bond acceptors (Lipinski definition) is 8. The molecule has 1 aromatic heterocycles. The van der Waals surface area contributed by atoms with Gasteiger partial charge in [-0.15, -0.1) is 11.3 Å². The molecule has 2 aliphatic rings. The van der Waals surface area contributed by atoms with E-state index in [1.165, 1.54) is 16.2 Å². The molecule has 0 saturated carbocycles. The normalized spacial score (nSPS) is 20.2. The molecule has 6 N–H and O–H groups in total. The quantitative estimate of drug-likeness (QED) is 0.161. The van der Waals surface area contributed by atoms with Crippen molar-refractivity contribution in [1.82, 2.24) is 20.3 Å². The van der Waals surface area contributed by atoms with E-state index in [0.717, 1.165) is 42.6 Å². The maximum atomic E-state index is 14.0. The van der Waals surface area contributed by atoms with Crippen molar-refractivity contribution in [2.75, 3.05) is 25.9 Å². The molecular weight excluding hydrogens is 635 g/mol. The average Bonchev–Trinajstić information content (AvgIpc) is 3.61. The second kappa shape index (κ2) is 15.2. The SMILES string of the molecule is CS(=O)(=O)N[C@H](CCC1CCNCC1)C(=O)N1C[C@H](OCc2ccc(Cl)cc2Cl)C[C@@H]1C(=O)NCc1ccc(C(=N)N)s1. The molecule has 0 aliphatic carbocycles. The molecule has 2 amide bonds. The van der Waals surface area contributed by atoms with Gasteiger partial charge in [-0.2, -0.15) is 0 Å². The summed E-state index contributed by atoms with van der Waals surface area (Å²) in [6.07, 6.45) is 3.72. The van der Waals surface area contributed by atoms with Gasteiger partial charge in [0.1, 0.15) is 17.9 Å². The van der Waals surface area contributed by atoms with Crippen molar-refractivity contribution in [3.05, 3.63) is 55.7 Å². The molecule has 3 atom stereocenters. The highest BCUT2D eigenvalue weighted by Gasteiger charge is 2.42. The van der Waals surface area contributed by atoms with Crippen LogP contribution in [0.2, 0.25) is 10.0 Å². The Hall–Kier alpha value is -2.26. The summed E-state index contributed by atoms with van der Waals surface area (Å²) in [7, 11) is -3.70. The number of benzene rings is 1. The maximum Gasteiger partial charge on any atom is 0.243 e. The fraction of sp³-hybridized carbons (Fsp3) is 0.536. The number of nitrogens with two attached hydrogens (primary N) is 1. The fourth-order valence-electron chi connectivity index (χ4n) is 5.43. The van der Waals surface area contributed by atoms with E-state index >= 15 is 0 Å². The molecule has 0 unspecified atom stereocenters. The van der Waals surface area contributed by atoms with Crippen LogP contribution in [-0.2, 0) is 37.5 Å². The molecular formula is C28H38Cl2N6O5S2. The number of rotatable bonds is 13. The van der Waals surface area contributed by atoms with Crippen LogP contribution < -0.4 is 21.1 Å². The number of halogens is 2. The summed E-state index contributed by atoms with van der Waals surface area (Å²) in [5.41, 5.74) is 6.28. The number of nitrogens with zero attached hydrogens (tertiary/aromatic N) is 1. The summed E-state index contributed by atoms with van der Waals surface area (Å²) >= 11 is 13.6. The average molecular weight is 674 g/mol. The van der Waals surface area contributed by atoms with Gasteiger partial charge in [0.15, 0.2) is 0 Å². The van der Waals surface area contributed by atoms with E-state index in [2.05, 4.69) is 15.4 Å². The Labute approximate surface area is 266 Å². The molecule has 0 bridgehead atoms. The largest absolute Gasteiger partial charge is 0.383 e. The Kier molecular flexibility index (Phi) is 11.8. The number of hydrogen-bond donors (Lipinski definition) is 5. The van der Waals surface area contributed by atoms with E-state index in [0.29, 0.717) is 33.7 Å². The van der Waals surface area contributed by atoms with Crippen LogP contribution in [0.1, 0.15) is 47.4 Å². The summed E-state index contributed by atoms with van der Waals surface area (Å²) in [4.78, 5) is 30.3. The molecule has 4 rings (SSSR count). The van der Waals surface area contributed by atoms with E-state index in [4.69, 9.17) is 39.1 Å². The van der Waals surface area contributed by atoms with E-state index in [1.807, 2.05) is 0 Å². The lowest BCUT2D eigenvalue weighted by atomic mass is 9.91. The molecule has 1 aromatic carbocycles. The highest BCUT2D eigenvalue weighted by Crippen LogP contribution is 2.28. The van der Waals surface area contributed by atoms with E-state index in [9.17, 15) is 18.0 Å². The number of carbonyl (C=O) groups excluding carboxylic acids is 2. The number of carbonyl (C=O) groups is 2. The highest BCUT2D eigenvalue weighted by molar-refractivity contribution is 7.88. The first-order chi connectivity index (χ1) is 20.4. The van der Waals surface area contributed by atoms with Crippen LogP contribution in [0.3, 0.4) is 0 Å². The van der Waals surface area contributed by atoms with Gasteiger partial charge in [-0.05, 0) is 74.5 Å². The first-order valence-electron chi connectivity index (χ1n) is 14.1. The highest BCUT2D eigenvalue weighted by atomic mass is 35.5. The van der Waals surface area contributed by atoms with Gasteiger partial charge in [-0.1, -0.05) is 29.3 Å². The molecule has 2 aromatic rings. The summed E-state index contributed by atoms with van der Waals surface area (Å²) in [6.45, 7) is 2.26. The minimum absolute atomic E-state index is 0.0511. The smallest absolute Gasteiger partial charge is 0.243 e. The van der Waals surface area contributed by atoms with Crippen molar-refractivity contribution in [3.63, 3.8) is 0 Å². The molecule has 11 nitrogen and oxygen atoms in total. The van der Waals surface area contributed by atoms with Crippen molar-refractivity contribution in [2.45, 2.75) is 63.4 Å². The zero-order chi connectivity index (χ0) is 31.1. The molecule has 2 fully saturated rings. The second-order valence-electron chi connectivity index (χ2n) is 11.0. The van der Waals surface area contributed by atoms with Crippen LogP contribution in [0.15, 0.2) is 30.3 Å². The number of amides is 2. The first-order valence-corrected chi connectivity index (χ1v) is 17.6. The van der Waals surface area contributed by atoms with Crippen molar-refractivity contribution < 1.29 is 22.7 Å². The molecule has 236 valence electrons. The number of ether oxygens (including phenoxy) is 1. The van der Waals surface area contributed by atoms with E-state index in [1.54, 1.807) is 30.3 Å². The van der Waals surface area contributed by atoms with Crippen molar-refractivity contribution in [3.8, 4) is 0 Å². The van der Waals surface area contributed by atoms with Gasteiger partial charge in [0.25, 0.3) is 0 Å². The maximum absolute atomic E-state index is 14.0. The van der Waals surface area contributed by atoms with Crippen molar-refractivity contribution in [1.29, 1.82) is 5.41 Å². The second-order valence-corrected chi connectivity index (χ2v) is 14.8. The molecule has 0 spiro atoms. The zero-order valence-corrected chi connectivity index (χ0v) is 27.1. The van der Waals surface area contributed by atoms with Crippen molar-refractivity contribution >= 4 is 62.2 Å². The van der Waals surface area contributed by atoms with Gasteiger partial charge in [-0.3, -0.25) is 15.0 Å². The monoisotopic (exact) mass is 672 g/mol. The number of likely N-dealkylation sites (tertiary alicyclic amines) is 1. The van der Waals surface area contributed by atoms with Gasteiger partial charge in [0, 0.05) is 27.9 Å². The zero-order valence-electron chi connectivity index (χ0n) is 23.9. The lowest BCUT2D eigenvalue weighted by molar-refractivity contribution is -0.140. The summed E-state index contributed by atoms with van der Waals surface area (Å²) in [5.74, 6) is -0.491. The predicted molar refractivity (Wildman–Crippen MR) is 169 cm³/mol. The number of nitrogens with one attached hydrogen (secondary N) is 4. The van der Waals surface area contributed by atoms with Crippen LogP contribution in [0.5, 0.6) is 0 Å². The number of sulfonamides is 1. The lowest BCUT2D eigenvalue weighted by Crippen LogP contribution is -2.53. The van der Waals surface area contributed by atoms with Gasteiger partial charge in [0.05, 0.1) is 30.4 Å². The molecule has 2 aliphatic heterocycles. The Morgan fingerprint density at radius 2 is 1.98 bits per heavy atom. The van der Waals surface area contributed by atoms with Gasteiger partial charge >= 0.3 is 0 Å². The molecule has 15 heteroatoms. The van der Waals surface area contributed by atoms with Crippen LogP contribution >= 0.6 is 34.5 Å². The molecule has 2 saturated heterocycles.